The third kappa shape index (κ3) is 4.91. The van der Waals surface area contributed by atoms with Crippen LogP contribution in [0, 0.1) is 18.7 Å². The molecule has 1 N–H and O–H groups in total. The van der Waals surface area contributed by atoms with Crippen molar-refractivity contribution < 1.29 is 17.6 Å². The Balaban J connectivity index is 1.60. The third-order valence-corrected chi connectivity index (χ3v) is 7.78. The second-order valence-corrected chi connectivity index (χ2v) is 10.7. The van der Waals surface area contributed by atoms with Gasteiger partial charge in [0.25, 0.3) is 0 Å². The lowest BCUT2D eigenvalue weighted by Crippen LogP contribution is -2.23. The largest absolute Gasteiger partial charge is 0.325 e. The van der Waals surface area contributed by atoms with E-state index in [0.29, 0.717) is 35.1 Å². The number of thioether (sulfide) groups is 1. The normalized spacial score (nSPS) is 19.5. The van der Waals surface area contributed by atoms with E-state index in [0.717, 1.165) is 0 Å². The molecule has 2 aromatic rings. The lowest BCUT2D eigenvalue weighted by Gasteiger charge is -2.12. The fourth-order valence-corrected chi connectivity index (χ4v) is 5.74. The Kier molecular flexibility index (Phi) is 6.09. The van der Waals surface area contributed by atoms with E-state index in [2.05, 4.69) is 15.5 Å². The average molecular weight is 427 g/mol. The molecule has 0 bridgehead atoms. The molecular formula is C18H23FN4O3S2. The van der Waals surface area contributed by atoms with E-state index in [1.165, 1.54) is 17.8 Å². The Labute approximate surface area is 168 Å². The molecule has 2 heterocycles. The number of rotatable bonds is 6. The molecule has 0 aliphatic carbocycles. The molecule has 0 radical (unpaired) electrons. The van der Waals surface area contributed by atoms with Crippen molar-refractivity contribution in [1.82, 2.24) is 14.8 Å². The van der Waals surface area contributed by atoms with Crippen molar-refractivity contribution in [3.8, 4) is 0 Å². The number of sulfone groups is 1. The van der Waals surface area contributed by atoms with Gasteiger partial charge in [0.2, 0.25) is 5.91 Å². The zero-order chi connectivity index (χ0) is 20.5. The minimum absolute atomic E-state index is 0.0582. The summed E-state index contributed by atoms with van der Waals surface area (Å²) in [4.78, 5) is 12.4. The van der Waals surface area contributed by atoms with E-state index in [4.69, 9.17) is 0 Å². The molecule has 1 saturated heterocycles. The first-order valence-electron chi connectivity index (χ1n) is 8.97. The van der Waals surface area contributed by atoms with Crippen molar-refractivity contribution in [2.45, 2.75) is 37.1 Å². The predicted octanol–water partition coefficient (Wildman–Crippen LogP) is 2.36. The van der Waals surface area contributed by atoms with E-state index in [1.54, 1.807) is 37.6 Å². The van der Waals surface area contributed by atoms with Crippen LogP contribution in [-0.2, 0) is 28.1 Å². The lowest BCUT2D eigenvalue weighted by molar-refractivity contribution is -0.115. The van der Waals surface area contributed by atoms with Crippen LogP contribution in [0.2, 0.25) is 0 Å². The molecule has 1 aromatic heterocycles. The molecule has 7 nitrogen and oxygen atoms in total. The molecule has 0 spiro atoms. The van der Waals surface area contributed by atoms with Crippen molar-refractivity contribution in [2.75, 3.05) is 16.8 Å². The van der Waals surface area contributed by atoms with Crippen LogP contribution < -0.4 is 5.32 Å². The Hall–Kier alpha value is -1.94. The summed E-state index contributed by atoms with van der Waals surface area (Å²) >= 11 is 1.25. The van der Waals surface area contributed by atoms with Gasteiger partial charge in [-0.1, -0.05) is 17.8 Å². The number of halogens is 1. The van der Waals surface area contributed by atoms with E-state index in [-0.39, 0.29) is 29.1 Å². The summed E-state index contributed by atoms with van der Waals surface area (Å²) in [5.41, 5.74) is 0.920. The molecule has 0 saturated carbocycles. The highest BCUT2D eigenvalue weighted by molar-refractivity contribution is 8.00. The highest BCUT2D eigenvalue weighted by Crippen LogP contribution is 2.26. The van der Waals surface area contributed by atoms with Crippen molar-refractivity contribution in [3.63, 3.8) is 0 Å². The van der Waals surface area contributed by atoms with Crippen LogP contribution in [-0.4, -0.2) is 45.8 Å². The molecule has 1 fully saturated rings. The molecule has 1 amide bonds. The second-order valence-electron chi connectivity index (χ2n) is 7.14. The summed E-state index contributed by atoms with van der Waals surface area (Å²) in [5.74, 6) is 0.549. The summed E-state index contributed by atoms with van der Waals surface area (Å²) in [6.07, 6.45) is 1.19. The highest BCUT2D eigenvalue weighted by Gasteiger charge is 2.29. The molecule has 28 heavy (non-hydrogen) atoms. The van der Waals surface area contributed by atoms with Gasteiger partial charge in [0, 0.05) is 19.2 Å². The van der Waals surface area contributed by atoms with Gasteiger partial charge >= 0.3 is 0 Å². The number of hydrogen-bond donors (Lipinski definition) is 1. The van der Waals surface area contributed by atoms with E-state index >= 15 is 0 Å². The van der Waals surface area contributed by atoms with Crippen molar-refractivity contribution in [3.05, 3.63) is 35.4 Å². The number of nitrogens with zero attached hydrogens (tertiary/aromatic N) is 3. The standard InChI is InChI=1S/C18H23FN4O3S2/c1-11-4-5-14(9-15(11)19)20-17(24)12(2)27-18-22-21-16(23(18)3)8-13-6-7-28(25,26)10-13/h4-5,9,12-13H,6-8,10H2,1-3H3,(H,20,24). The smallest absolute Gasteiger partial charge is 0.237 e. The fraction of sp³-hybridized carbons (Fsp3) is 0.500. The molecule has 3 rings (SSSR count). The van der Waals surface area contributed by atoms with Crippen molar-refractivity contribution in [1.29, 1.82) is 0 Å². The fourth-order valence-electron chi connectivity index (χ4n) is 3.04. The summed E-state index contributed by atoms with van der Waals surface area (Å²) in [7, 11) is -1.12. The Bertz CT molecular complexity index is 991. The van der Waals surface area contributed by atoms with Gasteiger partial charge in [0.1, 0.15) is 11.6 Å². The number of carbonyl (C=O) groups is 1. The SMILES string of the molecule is Cc1ccc(NC(=O)C(C)Sc2nnc(CC3CCS(=O)(=O)C3)n2C)cc1F. The Morgan fingerprint density at radius 1 is 1.43 bits per heavy atom. The van der Waals surface area contributed by atoms with E-state index in [9.17, 15) is 17.6 Å². The summed E-state index contributed by atoms with van der Waals surface area (Å²) in [6.45, 7) is 3.40. The van der Waals surface area contributed by atoms with Crippen molar-refractivity contribution in [2.24, 2.45) is 13.0 Å². The first-order chi connectivity index (χ1) is 13.1. The van der Waals surface area contributed by atoms with Gasteiger partial charge in [0.15, 0.2) is 15.0 Å². The van der Waals surface area contributed by atoms with Gasteiger partial charge in [-0.15, -0.1) is 10.2 Å². The summed E-state index contributed by atoms with van der Waals surface area (Å²) in [6, 6.07) is 4.56. The number of amides is 1. The van der Waals surface area contributed by atoms with Crippen LogP contribution >= 0.6 is 11.8 Å². The molecule has 2 atom stereocenters. The third-order valence-electron chi connectivity index (χ3n) is 4.81. The first kappa shape index (κ1) is 20.8. The highest BCUT2D eigenvalue weighted by atomic mass is 32.2. The van der Waals surface area contributed by atoms with Gasteiger partial charge in [-0.2, -0.15) is 0 Å². The summed E-state index contributed by atoms with van der Waals surface area (Å²) < 4.78 is 38.7. The molecule has 2 unspecified atom stereocenters. The van der Waals surface area contributed by atoms with Crippen LogP contribution in [0.1, 0.15) is 24.7 Å². The maximum Gasteiger partial charge on any atom is 0.237 e. The van der Waals surface area contributed by atoms with Crippen LogP contribution in [0.3, 0.4) is 0 Å². The topological polar surface area (TPSA) is 94.0 Å². The zero-order valence-corrected chi connectivity index (χ0v) is 17.6. The van der Waals surface area contributed by atoms with E-state index < -0.39 is 15.1 Å². The van der Waals surface area contributed by atoms with Gasteiger partial charge in [-0.25, -0.2) is 12.8 Å². The van der Waals surface area contributed by atoms with Gasteiger partial charge in [-0.3, -0.25) is 4.79 Å². The maximum absolute atomic E-state index is 13.6. The van der Waals surface area contributed by atoms with Gasteiger partial charge in [-0.05, 0) is 43.9 Å². The second kappa shape index (κ2) is 8.20. The molecule has 1 aliphatic rings. The zero-order valence-electron chi connectivity index (χ0n) is 16.0. The number of aromatic nitrogens is 3. The van der Waals surface area contributed by atoms with Crippen LogP contribution in [0.4, 0.5) is 10.1 Å². The van der Waals surface area contributed by atoms with Crippen molar-refractivity contribution >= 4 is 33.2 Å². The quantitative estimate of drug-likeness (QED) is 0.713. The van der Waals surface area contributed by atoms with Crippen LogP contribution in [0.15, 0.2) is 23.4 Å². The molecule has 1 aromatic carbocycles. The first-order valence-corrected chi connectivity index (χ1v) is 11.7. The van der Waals surface area contributed by atoms with Gasteiger partial charge < -0.3 is 9.88 Å². The Morgan fingerprint density at radius 3 is 2.82 bits per heavy atom. The molecule has 152 valence electrons. The lowest BCUT2D eigenvalue weighted by atomic mass is 10.1. The molecule has 10 heteroatoms. The monoisotopic (exact) mass is 426 g/mol. The average Bonchev–Trinajstić information content (AvgIpc) is 3.14. The Morgan fingerprint density at radius 2 is 2.18 bits per heavy atom. The number of benzene rings is 1. The molecule has 1 aliphatic heterocycles. The maximum atomic E-state index is 13.6. The summed E-state index contributed by atoms with van der Waals surface area (Å²) in [5, 5.41) is 11.1. The van der Waals surface area contributed by atoms with E-state index in [1.807, 2.05) is 0 Å². The number of carbonyl (C=O) groups excluding carboxylic acids is 1. The number of hydrogen-bond acceptors (Lipinski definition) is 6. The minimum atomic E-state index is -2.93. The minimum Gasteiger partial charge on any atom is -0.325 e. The van der Waals surface area contributed by atoms with Gasteiger partial charge in [0.05, 0.1) is 16.8 Å². The number of anilines is 1. The predicted molar refractivity (Wildman–Crippen MR) is 107 cm³/mol. The molecular weight excluding hydrogens is 403 g/mol. The number of aryl methyl sites for hydroxylation is 1. The number of nitrogens with one attached hydrogen (secondary N) is 1. The van der Waals surface area contributed by atoms with Crippen LogP contribution in [0.5, 0.6) is 0 Å². The van der Waals surface area contributed by atoms with Crippen LogP contribution in [0.25, 0.3) is 0 Å².